The van der Waals surface area contributed by atoms with Crippen molar-refractivity contribution in [1.82, 2.24) is 19.2 Å². The molecular weight excluding hydrogens is 288 g/mol. The molecule has 0 radical (unpaired) electrons. The number of nitrogens with one attached hydrogen (secondary N) is 1. The first-order valence-electron chi connectivity index (χ1n) is 5.97. The minimum absolute atomic E-state index is 0.00604. The number of carbonyl (C=O) groups excluding carboxylic acids is 2. The number of rotatable bonds is 3. The van der Waals surface area contributed by atoms with Gasteiger partial charge < -0.3 is 9.72 Å². The highest BCUT2D eigenvalue weighted by Crippen LogP contribution is 2.24. The Labute approximate surface area is 114 Å². The normalized spacial score (nSPS) is 24.4. The Morgan fingerprint density at radius 1 is 1.40 bits per heavy atom. The van der Waals surface area contributed by atoms with E-state index in [-0.39, 0.29) is 24.7 Å². The fourth-order valence-corrected chi connectivity index (χ4v) is 3.77. The predicted molar refractivity (Wildman–Crippen MR) is 63.9 cm³/mol. The molecule has 2 fully saturated rings. The molecule has 0 aromatic carbocycles. The van der Waals surface area contributed by atoms with Gasteiger partial charge in [-0.25, -0.2) is 23.1 Å². The zero-order valence-electron chi connectivity index (χ0n) is 10.4. The number of imide groups is 1. The van der Waals surface area contributed by atoms with Crippen LogP contribution in [0.4, 0.5) is 4.79 Å². The molecule has 0 aliphatic carbocycles. The molecule has 3 rings (SSSR count). The summed E-state index contributed by atoms with van der Waals surface area (Å²) in [5.74, 6) is -0.430. The van der Waals surface area contributed by atoms with E-state index in [2.05, 4.69) is 14.7 Å². The fraction of sp³-hybridized carbons (Fsp3) is 0.500. The standard InChI is InChI=1S/C10H12N4O5S/c15-9-5-19-10(16)14(9)7-1-2-13(4-7)20(17,18)8-3-11-6-12-8/h3,6-7H,1-2,4-5H2,(H,11,12). The van der Waals surface area contributed by atoms with E-state index < -0.39 is 28.1 Å². The Bertz CT molecular complexity index is 625. The third-order valence-corrected chi connectivity index (χ3v) is 5.16. The number of hydrogen-bond acceptors (Lipinski definition) is 6. The summed E-state index contributed by atoms with van der Waals surface area (Å²) >= 11 is 0. The minimum Gasteiger partial charge on any atom is -0.439 e. The molecule has 10 heteroatoms. The molecule has 2 saturated heterocycles. The lowest BCUT2D eigenvalue weighted by Gasteiger charge is -2.19. The highest BCUT2D eigenvalue weighted by molar-refractivity contribution is 7.89. The Hall–Kier alpha value is -1.94. The van der Waals surface area contributed by atoms with Crippen LogP contribution < -0.4 is 0 Å². The number of nitrogens with zero attached hydrogens (tertiary/aromatic N) is 3. The molecular formula is C10H12N4O5S. The zero-order valence-corrected chi connectivity index (χ0v) is 11.2. The molecule has 1 atom stereocenters. The van der Waals surface area contributed by atoms with Crippen LogP contribution in [0, 0.1) is 0 Å². The van der Waals surface area contributed by atoms with Crippen molar-refractivity contribution in [2.24, 2.45) is 0 Å². The van der Waals surface area contributed by atoms with Crippen LogP contribution in [-0.4, -0.2) is 65.3 Å². The van der Waals surface area contributed by atoms with Crippen molar-refractivity contribution in [3.05, 3.63) is 12.5 Å². The van der Waals surface area contributed by atoms with Gasteiger partial charge in [-0.05, 0) is 6.42 Å². The van der Waals surface area contributed by atoms with E-state index in [1.165, 1.54) is 16.8 Å². The van der Waals surface area contributed by atoms with E-state index in [1.54, 1.807) is 0 Å². The van der Waals surface area contributed by atoms with E-state index in [1.807, 2.05) is 0 Å². The van der Waals surface area contributed by atoms with Gasteiger partial charge in [-0.3, -0.25) is 4.79 Å². The Kier molecular flexibility index (Phi) is 2.98. The van der Waals surface area contributed by atoms with Crippen LogP contribution in [0.3, 0.4) is 0 Å². The SMILES string of the molecule is O=C1COC(=O)N1C1CCN(S(=O)(=O)c2cnc[nH]2)C1. The molecule has 2 aliphatic rings. The zero-order chi connectivity index (χ0) is 14.3. The lowest BCUT2D eigenvalue weighted by atomic mass is 10.2. The first kappa shape index (κ1) is 13.1. The van der Waals surface area contributed by atoms with Gasteiger partial charge in [0.05, 0.1) is 18.6 Å². The maximum absolute atomic E-state index is 12.3. The van der Waals surface area contributed by atoms with Gasteiger partial charge in [0.15, 0.2) is 11.6 Å². The maximum Gasteiger partial charge on any atom is 0.417 e. The Morgan fingerprint density at radius 3 is 2.80 bits per heavy atom. The van der Waals surface area contributed by atoms with Gasteiger partial charge in [-0.15, -0.1) is 0 Å². The van der Waals surface area contributed by atoms with Gasteiger partial charge in [0.1, 0.15) is 0 Å². The molecule has 1 unspecified atom stereocenters. The summed E-state index contributed by atoms with van der Waals surface area (Å²) in [5, 5.41) is -0.00604. The lowest BCUT2D eigenvalue weighted by molar-refractivity contribution is -0.127. The second kappa shape index (κ2) is 4.56. The average molecular weight is 300 g/mol. The number of imidazole rings is 1. The summed E-state index contributed by atoms with van der Waals surface area (Å²) in [6, 6.07) is -0.477. The number of aromatic nitrogens is 2. The van der Waals surface area contributed by atoms with Crippen molar-refractivity contribution in [1.29, 1.82) is 0 Å². The van der Waals surface area contributed by atoms with Crippen LogP contribution in [-0.2, 0) is 19.6 Å². The Balaban J connectivity index is 1.77. The third kappa shape index (κ3) is 1.96. The smallest absolute Gasteiger partial charge is 0.417 e. The summed E-state index contributed by atoms with van der Waals surface area (Å²) in [7, 11) is -3.67. The van der Waals surface area contributed by atoms with Gasteiger partial charge in [0.2, 0.25) is 0 Å². The largest absolute Gasteiger partial charge is 0.439 e. The minimum atomic E-state index is -3.67. The number of sulfonamides is 1. The number of H-pyrrole nitrogens is 1. The van der Waals surface area contributed by atoms with Crippen molar-refractivity contribution >= 4 is 22.0 Å². The summed E-state index contributed by atoms with van der Waals surface area (Å²) in [6.45, 7) is 0.0356. The summed E-state index contributed by atoms with van der Waals surface area (Å²) in [6.07, 6.45) is 2.19. The van der Waals surface area contributed by atoms with Crippen LogP contribution >= 0.6 is 0 Å². The lowest BCUT2D eigenvalue weighted by Crippen LogP contribution is -2.42. The second-order valence-electron chi connectivity index (χ2n) is 4.54. The molecule has 2 aliphatic heterocycles. The van der Waals surface area contributed by atoms with Crippen molar-refractivity contribution in [2.45, 2.75) is 17.5 Å². The monoisotopic (exact) mass is 300 g/mol. The fourth-order valence-electron chi connectivity index (χ4n) is 2.38. The van der Waals surface area contributed by atoms with Gasteiger partial charge in [-0.1, -0.05) is 0 Å². The molecule has 0 saturated carbocycles. The van der Waals surface area contributed by atoms with Gasteiger partial charge in [-0.2, -0.15) is 4.31 Å². The summed E-state index contributed by atoms with van der Waals surface area (Å²) in [5.41, 5.74) is 0. The molecule has 0 bridgehead atoms. The highest BCUT2D eigenvalue weighted by Gasteiger charge is 2.43. The summed E-state index contributed by atoms with van der Waals surface area (Å²) in [4.78, 5) is 30.2. The van der Waals surface area contributed by atoms with Crippen molar-refractivity contribution in [2.75, 3.05) is 19.7 Å². The van der Waals surface area contributed by atoms with Crippen molar-refractivity contribution < 1.29 is 22.7 Å². The molecule has 9 nitrogen and oxygen atoms in total. The first-order valence-corrected chi connectivity index (χ1v) is 7.41. The number of amides is 2. The van der Waals surface area contributed by atoms with Gasteiger partial charge in [0.25, 0.3) is 15.9 Å². The molecule has 3 heterocycles. The molecule has 20 heavy (non-hydrogen) atoms. The average Bonchev–Trinajstić information content (AvgIpc) is 3.10. The van der Waals surface area contributed by atoms with E-state index >= 15 is 0 Å². The van der Waals surface area contributed by atoms with Crippen LogP contribution in [0.5, 0.6) is 0 Å². The van der Waals surface area contributed by atoms with E-state index in [0.29, 0.717) is 6.42 Å². The van der Waals surface area contributed by atoms with Crippen LogP contribution in [0.1, 0.15) is 6.42 Å². The van der Waals surface area contributed by atoms with Gasteiger partial charge in [0, 0.05) is 13.1 Å². The number of aromatic amines is 1. The number of ether oxygens (including phenoxy) is 1. The molecule has 1 N–H and O–H groups in total. The van der Waals surface area contributed by atoms with Crippen molar-refractivity contribution in [3.63, 3.8) is 0 Å². The van der Waals surface area contributed by atoms with Crippen LogP contribution in [0.15, 0.2) is 17.6 Å². The number of hydrogen-bond donors (Lipinski definition) is 1. The van der Waals surface area contributed by atoms with E-state index in [4.69, 9.17) is 0 Å². The first-order chi connectivity index (χ1) is 9.50. The third-order valence-electron chi connectivity index (χ3n) is 3.37. The summed E-state index contributed by atoms with van der Waals surface area (Å²) < 4.78 is 30.4. The second-order valence-corrected chi connectivity index (χ2v) is 6.45. The van der Waals surface area contributed by atoms with Crippen LogP contribution in [0.25, 0.3) is 0 Å². The van der Waals surface area contributed by atoms with Crippen molar-refractivity contribution in [3.8, 4) is 0 Å². The van der Waals surface area contributed by atoms with E-state index in [9.17, 15) is 18.0 Å². The van der Waals surface area contributed by atoms with Crippen LogP contribution in [0.2, 0.25) is 0 Å². The quantitative estimate of drug-likeness (QED) is 0.778. The topological polar surface area (TPSA) is 113 Å². The molecule has 1 aromatic rings. The predicted octanol–water partition coefficient (Wildman–Crippen LogP) is -0.848. The number of cyclic esters (lactones) is 1. The molecule has 2 amide bonds. The molecule has 1 aromatic heterocycles. The highest BCUT2D eigenvalue weighted by atomic mass is 32.2. The Morgan fingerprint density at radius 2 is 2.20 bits per heavy atom. The molecule has 108 valence electrons. The van der Waals surface area contributed by atoms with Gasteiger partial charge >= 0.3 is 6.09 Å². The van der Waals surface area contributed by atoms with E-state index in [0.717, 1.165) is 4.90 Å². The number of carbonyl (C=O) groups is 2. The maximum atomic E-state index is 12.3. The molecule has 0 spiro atoms.